The molecule has 1 aliphatic heterocycles. The second-order valence-corrected chi connectivity index (χ2v) is 4.99. The maximum Gasteiger partial charge on any atom is 0.182 e. The summed E-state index contributed by atoms with van der Waals surface area (Å²) in [6, 6.07) is 0. The van der Waals surface area contributed by atoms with Crippen molar-refractivity contribution < 1.29 is 20.1 Å². The Morgan fingerprint density at radius 2 is 2.00 bits per heavy atom. The van der Waals surface area contributed by atoms with Crippen molar-refractivity contribution in [2.45, 2.75) is 24.5 Å². The molecule has 2 heterocycles. The molecule has 96 valence electrons. The first-order valence-corrected chi connectivity index (χ1v) is 6.23. The average molecular weight is 348 g/mol. The SMILES string of the molecule is OC[C@H]1O[C@@H](n2c(Br)nc(Cl)c2Cl)[C@@H](O)[C@@H]1O. The third-order valence-corrected chi connectivity index (χ3v) is 3.82. The van der Waals surface area contributed by atoms with Gasteiger partial charge in [0.2, 0.25) is 0 Å². The van der Waals surface area contributed by atoms with Crippen LogP contribution in [-0.2, 0) is 4.74 Å². The second kappa shape index (κ2) is 5.00. The van der Waals surface area contributed by atoms with E-state index in [0.29, 0.717) is 0 Å². The first kappa shape index (κ1) is 13.5. The molecular weight excluding hydrogens is 339 g/mol. The molecule has 1 aromatic heterocycles. The Kier molecular flexibility index (Phi) is 3.99. The van der Waals surface area contributed by atoms with Crippen molar-refractivity contribution in [3.8, 4) is 0 Å². The number of imidazole rings is 1. The Balaban J connectivity index is 2.35. The highest BCUT2D eigenvalue weighted by Crippen LogP contribution is 2.36. The van der Waals surface area contributed by atoms with Gasteiger partial charge in [-0.2, -0.15) is 0 Å². The maximum absolute atomic E-state index is 9.81. The summed E-state index contributed by atoms with van der Waals surface area (Å²) in [5, 5.41) is 28.5. The van der Waals surface area contributed by atoms with Crippen LogP contribution in [0.3, 0.4) is 0 Å². The topological polar surface area (TPSA) is 87.7 Å². The molecule has 0 spiro atoms. The third-order valence-electron chi connectivity index (χ3n) is 2.54. The van der Waals surface area contributed by atoms with Crippen LogP contribution in [0.15, 0.2) is 4.73 Å². The van der Waals surface area contributed by atoms with Gasteiger partial charge in [0.05, 0.1) is 6.61 Å². The third kappa shape index (κ3) is 2.21. The second-order valence-electron chi connectivity index (χ2n) is 3.56. The molecule has 1 saturated heterocycles. The van der Waals surface area contributed by atoms with Crippen molar-refractivity contribution >= 4 is 39.1 Å². The summed E-state index contributed by atoms with van der Waals surface area (Å²) >= 11 is 14.7. The van der Waals surface area contributed by atoms with Crippen LogP contribution in [0.25, 0.3) is 0 Å². The molecule has 0 aliphatic carbocycles. The van der Waals surface area contributed by atoms with E-state index in [9.17, 15) is 10.2 Å². The normalized spacial score (nSPS) is 33.3. The quantitative estimate of drug-likeness (QED) is 0.727. The van der Waals surface area contributed by atoms with Gasteiger partial charge in [-0.25, -0.2) is 4.98 Å². The lowest BCUT2D eigenvalue weighted by Gasteiger charge is -2.17. The minimum Gasteiger partial charge on any atom is -0.394 e. The lowest BCUT2D eigenvalue weighted by Crippen LogP contribution is -2.33. The average Bonchev–Trinajstić information content (AvgIpc) is 2.69. The van der Waals surface area contributed by atoms with E-state index in [0.717, 1.165) is 0 Å². The minimum absolute atomic E-state index is 0.0521. The molecule has 0 radical (unpaired) electrons. The fraction of sp³-hybridized carbons (Fsp3) is 0.625. The Hall–Kier alpha value is 0.110. The van der Waals surface area contributed by atoms with Gasteiger partial charge in [-0.3, -0.25) is 4.57 Å². The molecule has 0 bridgehead atoms. The van der Waals surface area contributed by atoms with Gasteiger partial charge in [-0.1, -0.05) is 23.2 Å². The number of hydrogen-bond acceptors (Lipinski definition) is 5. The number of aliphatic hydroxyl groups is 3. The lowest BCUT2D eigenvalue weighted by molar-refractivity contribution is -0.0537. The first-order chi connectivity index (χ1) is 7.97. The summed E-state index contributed by atoms with van der Waals surface area (Å²) in [7, 11) is 0. The number of rotatable bonds is 2. The fourth-order valence-electron chi connectivity index (χ4n) is 1.67. The molecule has 3 N–H and O–H groups in total. The largest absolute Gasteiger partial charge is 0.394 e. The van der Waals surface area contributed by atoms with E-state index in [-0.39, 0.29) is 15.0 Å². The summed E-state index contributed by atoms with van der Waals surface area (Å²) in [4.78, 5) is 3.84. The Morgan fingerprint density at radius 3 is 2.41 bits per heavy atom. The Morgan fingerprint density at radius 1 is 1.35 bits per heavy atom. The van der Waals surface area contributed by atoms with E-state index in [4.69, 9.17) is 33.0 Å². The number of nitrogens with zero attached hydrogens (tertiary/aromatic N) is 2. The number of hydrogen-bond donors (Lipinski definition) is 3. The predicted molar refractivity (Wildman–Crippen MR) is 63.0 cm³/mol. The van der Waals surface area contributed by atoms with Gasteiger partial charge in [0.25, 0.3) is 0 Å². The lowest BCUT2D eigenvalue weighted by atomic mass is 10.1. The van der Waals surface area contributed by atoms with E-state index in [1.54, 1.807) is 0 Å². The van der Waals surface area contributed by atoms with Gasteiger partial charge in [0.15, 0.2) is 21.3 Å². The molecule has 0 amide bonds. The summed E-state index contributed by atoms with van der Waals surface area (Å²) < 4.78 is 6.86. The van der Waals surface area contributed by atoms with E-state index in [2.05, 4.69) is 20.9 Å². The van der Waals surface area contributed by atoms with Crippen LogP contribution in [0, 0.1) is 0 Å². The minimum atomic E-state index is -1.23. The molecule has 0 saturated carbocycles. The van der Waals surface area contributed by atoms with Crippen molar-refractivity contribution in [1.29, 1.82) is 0 Å². The molecule has 0 aromatic carbocycles. The van der Waals surface area contributed by atoms with Crippen LogP contribution in [0.1, 0.15) is 6.23 Å². The number of halogens is 3. The number of aromatic nitrogens is 2. The van der Waals surface area contributed by atoms with Gasteiger partial charge in [-0.15, -0.1) is 0 Å². The summed E-state index contributed by atoms with van der Waals surface area (Å²) in [5.41, 5.74) is 0. The standard InChI is InChI=1S/C8H9BrCl2N2O4/c9-8-12-5(10)6(11)13(8)7-4(16)3(15)2(1-14)17-7/h2-4,7,14-16H,1H2/t2-,3-,4+,7-/m1/s1. The number of aliphatic hydroxyl groups excluding tert-OH is 3. The van der Waals surface area contributed by atoms with Crippen LogP contribution in [0.4, 0.5) is 0 Å². The molecule has 1 aliphatic rings. The van der Waals surface area contributed by atoms with Crippen molar-refractivity contribution in [3.05, 3.63) is 15.0 Å². The van der Waals surface area contributed by atoms with Crippen molar-refractivity contribution in [3.63, 3.8) is 0 Å². The van der Waals surface area contributed by atoms with Crippen molar-refractivity contribution in [2.24, 2.45) is 0 Å². The molecule has 2 rings (SSSR count). The van der Waals surface area contributed by atoms with Crippen LogP contribution in [0.2, 0.25) is 10.3 Å². The molecular formula is C8H9BrCl2N2O4. The zero-order chi connectivity index (χ0) is 12.7. The monoisotopic (exact) mass is 346 g/mol. The zero-order valence-corrected chi connectivity index (χ0v) is 11.4. The van der Waals surface area contributed by atoms with Gasteiger partial charge in [0, 0.05) is 0 Å². The predicted octanol–water partition coefficient (Wildman–Crippen LogP) is 0.564. The van der Waals surface area contributed by atoms with E-state index >= 15 is 0 Å². The van der Waals surface area contributed by atoms with E-state index in [1.807, 2.05) is 0 Å². The highest BCUT2D eigenvalue weighted by Gasteiger charge is 2.44. The molecule has 9 heteroatoms. The van der Waals surface area contributed by atoms with E-state index < -0.39 is 31.1 Å². The van der Waals surface area contributed by atoms with Crippen molar-refractivity contribution in [1.82, 2.24) is 9.55 Å². The number of ether oxygens (including phenoxy) is 1. The van der Waals surface area contributed by atoms with Crippen molar-refractivity contribution in [2.75, 3.05) is 6.61 Å². The summed E-state index contributed by atoms with van der Waals surface area (Å²) in [5.74, 6) is 0. The first-order valence-electron chi connectivity index (χ1n) is 4.68. The van der Waals surface area contributed by atoms with Gasteiger partial charge in [0.1, 0.15) is 18.3 Å². The molecule has 1 aromatic rings. The summed E-state index contributed by atoms with van der Waals surface area (Å²) in [6.07, 6.45) is -4.26. The van der Waals surface area contributed by atoms with Crippen LogP contribution >= 0.6 is 39.1 Å². The van der Waals surface area contributed by atoms with Crippen LogP contribution in [-0.4, -0.2) is 49.8 Å². The highest BCUT2D eigenvalue weighted by atomic mass is 79.9. The van der Waals surface area contributed by atoms with Gasteiger partial charge < -0.3 is 20.1 Å². The molecule has 6 nitrogen and oxygen atoms in total. The van der Waals surface area contributed by atoms with Crippen LogP contribution < -0.4 is 0 Å². The molecule has 1 fully saturated rings. The Labute approximate surface area is 115 Å². The maximum atomic E-state index is 9.81. The Bertz CT molecular complexity index is 430. The highest BCUT2D eigenvalue weighted by molar-refractivity contribution is 9.10. The van der Waals surface area contributed by atoms with Crippen LogP contribution in [0.5, 0.6) is 0 Å². The molecule has 17 heavy (non-hydrogen) atoms. The van der Waals surface area contributed by atoms with E-state index in [1.165, 1.54) is 4.57 Å². The van der Waals surface area contributed by atoms with Gasteiger partial charge in [-0.05, 0) is 15.9 Å². The smallest absolute Gasteiger partial charge is 0.182 e. The molecule has 4 atom stereocenters. The van der Waals surface area contributed by atoms with Gasteiger partial charge >= 0.3 is 0 Å². The summed E-state index contributed by atoms with van der Waals surface area (Å²) in [6.45, 7) is -0.410. The zero-order valence-electron chi connectivity index (χ0n) is 8.29. The fourth-order valence-corrected chi connectivity index (χ4v) is 2.82. The molecule has 0 unspecified atom stereocenters.